The number of aromatic amines is 1. The van der Waals surface area contributed by atoms with Crippen LogP contribution in [0.15, 0.2) is 6.33 Å². The second-order valence-electron chi connectivity index (χ2n) is 3.95. The molecule has 0 aliphatic carbocycles. The molecule has 5 heteroatoms. The summed E-state index contributed by atoms with van der Waals surface area (Å²) < 4.78 is 0. The van der Waals surface area contributed by atoms with Crippen LogP contribution in [0.4, 0.5) is 0 Å². The van der Waals surface area contributed by atoms with Gasteiger partial charge in [0.25, 0.3) is 0 Å². The number of hydrogen-bond acceptors (Lipinski definition) is 4. The highest BCUT2D eigenvalue weighted by molar-refractivity contribution is 5.73. The molecular weight excluding hydrogens is 190 g/mol. The molecule has 2 aromatic heterocycles. The van der Waals surface area contributed by atoms with E-state index in [0.29, 0.717) is 5.92 Å². The lowest BCUT2D eigenvalue weighted by Gasteiger charge is -2.08. The summed E-state index contributed by atoms with van der Waals surface area (Å²) in [7, 11) is 0. The highest BCUT2D eigenvalue weighted by Gasteiger charge is 2.21. The fourth-order valence-electron chi connectivity index (χ4n) is 2.15. The fourth-order valence-corrected chi connectivity index (χ4v) is 2.15. The molecule has 0 saturated carbocycles. The van der Waals surface area contributed by atoms with Crippen molar-refractivity contribution < 1.29 is 0 Å². The number of nitrogens with one attached hydrogen (secondary N) is 2. The monoisotopic (exact) mass is 203 g/mol. The molecule has 2 aromatic rings. The first-order valence-electron chi connectivity index (χ1n) is 5.23. The summed E-state index contributed by atoms with van der Waals surface area (Å²) >= 11 is 0. The van der Waals surface area contributed by atoms with Gasteiger partial charge in [-0.2, -0.15) is 0 Å². The molecular formula is C10H13N5. The summed E-state index contributed by atoms with van der Waals surface area (Å²) in [6.45, 7) is 3.99. The van der Waals surface area contributed by atoms with Crippen molar-refractivity contribution in [1.82, 2.24) is 25.3 Å². The van der Waals surface area contributed by atoms with E-state index in [1.54, 1.807) is 6.33 Å². The van der Waals surface area contributed by atoms with Gasteiger partial charge >= 0.3 is 0 Å². The molecule has 1 saturated heterocycles. The van der Waals surface area contributed by atoms with Gasteiger partial charge in [-0.3, -0.25) is 0 Å². The number of hydrogen-bond donors (Lipinski definition) is 2. The highest BCUT2D eigenvalue weighted by atomic mass is 15.0. The average molecular weight is 203 g/mol. The Morgan fingerprint density at radius 3 is 3.13 bits per heavy atom. The first kappa shape index (κ1) is 8.79. The minimum absolute atomic E-state index is 0.495. The highest BCUT2D eigenvalue weighted by Crippen LogP contribution is 2.25. The van der Waals surface area contributed by atoms with Crippen LogP contribution >= 0.6 is 0 Å². The largest absolute Gasteiger partial charge is 0.342 e. The zero-order chi connectivity index (χ0) is 10.3. The Balaban J connectivity index is 2.18. The van der Waals surface area contributed by atoms with E-state index in [9.17, 15) is 0 Å². The van der Waals surface area contributed by atoms with E-state index in [0.717, 1.165) is 42.2 Å². The Labute approximate surface area is 87.3 Å². The Bertz CT molecular complexity index is 484. The van der Waals surface area contributed by atoms with E-state index in [2.05, 4.69) is 25.3 Å². The van der Waals surface area contributed by atoms with Crippen LogP contribution in [-0.4, -0.2) is 33.0 Å². The number of rotatable bonds is 1. The maximum Gasteiger partial charge on any atom is 0.181 e. The third kappa shape index (κ3) is 1.39. The summed E-state index contributed by atoms with van der Waals surface area (Å²) in [5.74, 6) is 1.30. The second-order valence-corrected chi connectivity index (χ2v) is 3.95. The molecule has 0 spiro atoms. The number of fused-ring (bicyclic) bond motifs is 1. The Morgan fingerprint density at radius 2 is 2.33 bits per heavy atom. The minimum atomic E-state index is 0.495. The van der Waals surface area contributed by atoms with Crippen LogP contribution in [0.5, 0.6) is 0 Å². The Hall–Kier alpha value is -1.49. The van der Waals surface area contributed by atoms with Crippen LogP contribution in [0, 0.1) is 6.92 Å². The number of H-pyrrole nitrogens is 1. The van der Waals surface area contributed by atoms with Gasteiger partial charge in [0.05, 0.1) is 12.0 Å². The van der Waals surface area contributed by atoms with Crippen LogP contribution in [0.2, 0.25) is 0 Å². The van der Waals surface area contributed by atoms with Crippen molar-refractivity contribution >= 4 is 11.2 Å². The topological polar surface area (TPSA) is 66.5 Å². The molecule has 0 bridgehead atoms. The average Bonchev–Trinajstić information content (AvgIpc) is 2.86. The predicted octanol–water partition coefficient (Wildman–Crippen LogP) is 0.738. The van der Waals surface area contributed by atoms with Crippen molar-refractivity contribution in [3.05, 3.63) is 17.8 Å². The van der Waals surface area contributed by atoms with Gasteiger partial charge in [0, 0.05) is 12.5 Å². The quantitative estimate of drug-likeness (QED) is 0.717. The number of aryl methyl sites for hydroxylation is 1. The van der Waals surface area contributed by atoms with Gasteiger partial charge in [0.15, 0.2) is 5.65 Å². The van der Waals surface area contributed by atoms with Gasteiger partial charge in [-0.05, 0) is 19.9 Å². The Kier molecular flexibility index (Phi) is 1.92. The van der Waals surface area contributed by atoms with Gasteiger partial charge < -0.3 is 10.3 Å². The van der Waals surface area contributed by atoms with E-state index in [1.165, 1.54) is 0 Å². The summed E-state index contributed by atoms with van der Waals surface area (Å²) in [5, 5.41) is 3.35. The van der Waals surface area contributed by atoms with Crippen molar-refractivity contribution in [3.63, 3.8) is 0 Å². The van der Waals surface area contributed by atoms with Crippen LogP contribution in [-0.2, 0) is 0 Å². The molecule has 78 valence electrons. The fraction of sp³-hybridized carbons (Fsp3) is 0.500. The van der Waals surface area contributed by atoms with E-state index in [4.69, 9.17) is 0 Å². The lowest BCUT2D eigenvalue weighted by atomic mass is 10.0. The van der Waals surface area contributed by atoms with Gasteiger partial charge in [-0.15, -0.1) is 0 Å². The zero-order valence-electron chi connectivity index (χ0n) is 8.62. The SMILES string of the molecule is Cc1nc(C2CCNC2)c2[nH]cnc2n1. The van der Waals surface area contributed by atoms with Crippen LogP contribution < -0.4 is 5.32 Å². The van der Waals surface area contributed by atoms with Gasteiger partial charge in [-0.25, -0.2) is 15.0 Å². The van der Waals surface area contributed by atoms with Gasteiger partial charge in [0.1, 0.15) is 11.3 Å². The summed E-state index contributed by atoms with van der Waals surface area (Å²) in [5.41, 5.74) is 2.89. The van der Waals surface area contributed by atoms with Crippen molar-refractivity contribution in [2.75, 3.05) is 13.1 Å². The van der Waals surface area contributed by atoms with E-state index < -0.39 is 0 Å². The van der Waals surface area contributed by atoms with Crippen molar-refractivity contribution in [2.24, 2.45) is 0 Å². The lowest BCUT2D eigenvalue weighted by Crippen LogP contribution is -2.10. The second kappa shape index (κ2) is 3.27. The molecule has 1 unspecified atom stereocenters. The van der Waals surface area contributed by atoms with Crippen molar-refractivity contribution in [2.45, 2.75) is 19.3 Å². The normalized spacial score (nSPS) is 21.3. The summed E-state index contributed by atoms with van der Waals surface area (Å²) in [4.78, 5) is 16.1. The summed E-state index contributed by atoms with van der Waals surface area (Å²) in [6.07, 6.45) is 2.83. The lowest BCUT2D eigenvalue weighted by molar-refractivity contribution is 0.733. The van der Waals surface area contributed by atoms with Gasteiger partial charge in [0.2, 0.25) is 0 Å². The van der Waals surface area contributed by atoms with E-state index in [-0.39, 0.29) is 0 Å². The van der Waals surface area contributed by atoms with Crippen LogP contribution in [0.25, 0.3) is 11.2 Å². The van der Waals surface area contributed by atoms with E-state index >= 15 is 0 Å². The first-order valence-corrected chi connectivity index (χ1v) is 5.23. The molecule has 2 N–H and O–H groups in total. The number of nitrogens with zero attached hydrogens (tertiary/aromatic N) is 3. The minimum Gasteiger partial charge on any atom is -0.342 e. The Morgan fingerprint density at radius 1 is 1.40 bits per heavy atom. The molecule has 5 nitrogen and oxygen atoms in total. The molecule has 1 aliphatic heterocycles. The molecule has 0 aromatic carbocycles. The predicted molar refractivity (Wildman–Crippen MR) is 56.6 cm³/mol. The summed E-state index contributed by atoms with van der Waals surface area (Å²) in [6, 6.07) is 0. The molecule has 3 rings (SSSR count). The molecule has 1 aliphatic rings. The maximum atomic E-state index is 4.53. The number of aromatic nitrogens is 4. The third-order valence-corrected chi connectivity index (χ3v) is 2.87. The molecule has 1 fully saturated rings. The molecule has 1 atom stereocenters. The smallest absolute Gasteiger partial charge is 0.181 e. The van der Waals surface area contributed by atoms with Crippen molar-refractivity contribution in [1.29, 1.82) is 0 Å². The molecule has 15 heavy (non-hydrogen) atoms. The molecule has 3 heterocycles. The van der Waals surface area contributed by atoms with Crippen LogP contribution in [0.1, 0.15) is 23.9 Å². The maximum absolute atomic E-state index is 4.53. The standard InChI is InChI=1S/C10H13N5/c1-6-14-8(7-2-3-11-4-7)9-10(15-6)13-5-12-9/h5,7,11H,2-4H2,1H3,(H,12,13,14,15). The zero-order valence-corrected chi connectivity index (χ0v) is 8.62. The molecule has 0 amide bonds. The van der Waals surface area contributed by atoms with Gasteiger partial charge in [-0.1, -0.05) is 0 Å². The van der Waals surface area contributed by atoms with Crippen molar-refractivity contribution in [3.8, 4) is 0 Å². The third-order valence-electron chi connectivity index (χ3n) is 2.87. The molecule has 0 radical (unpaired) electrons. The number of imidazole rings is 1. The van der Waals surface area contributed by atoms with E-state index in [1.807, 2.05) is 6.92 Å². The van der Waals surface area contributed by atoms with Crippen LogP contribution in [0.3, 0.4) is 0 Å². The first-order chi connectivity index (χ1) is 7.34.